The van der Waals surface area contributed by atoms with Crippen molar-refractivity contribution in [3.63, 3.8) is 0 Å². The van der Waals surface area contributed by atoms with Crippen LogP contribution in [0.1, 0.15) is 0 Å². The number of nitrogens with one attached hydrogen (secondary N) is 1. The molecule has 3 aromatic rings. The molecule has 0 aliphatic rings. The molecule has 3 rings (SSSR count). The minimum absolute atomic E-state index is 0.133. The van der Waals surface area contributed by atoms with Crippen LogP contribution in [0.25, 0.3) is 5.69 Å². The van der Waals surface area contributed by atoms with E-state index in [1.807, 2.05) is 30.3 Å². The molecule has 0 aliphatic carbocycles. The largest absolute Gasteiger partial charge is 0.493 e. The number of rotatable bonds is 3. The number of hydrogen-bond donors (Lipinski definition) is 2. The van der Waals surface area contributed by atoms with Crippen LogP contribution in [0.3, 0.4) is 0 Å². The third-order valence-corrected chi connectivity index (χ3v) is 2.83. The zero-order valence-corrected chi connectivity index (χ0v) is 10.5. The summed E-state index contributed by atoms with van der Waals surface area (Å²) in [7, 11) is 0. The van der Waals surface area contributed by atoms with Gasteiger partial charge < -0.3 is 14.8 Å². The van der Waals surface area contributed by atoms with Gasteiger partial charge in [0.25, 0.3) is 0 Å². The average molecular weight is 268 g/mol. The van der Waals surface area contributed by atoms with Crippen LogP contribution in [0.2, 0.25) is 0 Å². The predicted octanol–water partition coefficient (Wildman–Crippen LogP) is 2.66. The van der Waals surface area contributed by atoms with E-state index in [-0.39, 0.29) is 11.6 Å². The minimum atomic E-state index is -0.390. The van der Waals surface area contributed by atoms with Crippen LogP contribution in [0.5, 0.6) is 17.4 Å². The van der Waals surface area contributed by atoms with E-state index >= 15 is 0 Å². The van der Waals surface area contributed by atoms with E-state index in [0.717, 1.165) is 5.75 Å². The first-order chi connectivity index (χ1) is 9.74. The van der Waals surface area contributed by atoms with E-state index in [0.29, 0.717) is 11.4 Å². The summed E-state index contributed by atoms with van der Waals surface area (Å²) < 4.78 is 6.83. The number of hydrogen-bond acceptors (Lipinski definition) is 3. The fourth-order valence-electron chi connectivity index (χ4n) is 1.90. The maximum absolute atomic E-state index is 11.5. The van der Waals surface area contributed by atoms with Gasteiger partial charge in [-0.1, -0.05) is 18.2 Å². The van der Waals surface area contributed by atoms with Crippen molar-refractivity contribution in [3.05, 3.63) is 71.3 Å². The van der Waals surface area contributed by atoms with Gasteiger partial charge in [-0.15, -0.1) is 0 Å². The van der Waals surface area contributed by atoms with E-state index in [9.17, 15) is 9.90 Å². The van der Waals surface area contributed by atoms with Crippen molar-refractivity contribution in [2.45, 2.75) is 0 Å². The van der Waals surface area contributed by atoms with Gasteiger partial charge in [-0.3, -0.25) is 0 Å². The Labute approximate surface area is 114 Å². The van der Waals surface area contributed by atoms with Crippen molar-refractivity contribution in [1.29, 1.82) is 0 Å². The standard InChI is InChI=1S/C15H12N2O3/c18-14-10-16-15(19)17(14)11-6-8-13(9-7-11)20-12-4-2-1-3-5-12/h1-10,18H,(H,16,19). The summed E-state index contributed by atoms with van der Waals surface area (Å²) in [5, 5.41) is 9.59. The smallest absolute Gasteiger partial charge is 0.333 e. The molecular weight excluding hydrogens is 256 g/mol. The highest BCUT2D eigenvalue weighted by atomic mass is 16.5. The van der Waals surface area contributed by atoms with Crippen LogP contribution >= 0.6 is 0 Å². The molecule has 0 radical (unpaired) electrons. The highest BCUT2D eigenvalue weighted by molar-refractivity contribution is 5.41. The van der Waals surface area contributed by atoms with Crippen LogP contribution in [-0.4, -0.2) is 14.7 Å². The number of ether oxygens (including phenoxy) is 1. The summed E-state index contributed by atoms with van der Waals surface area (Å²) in [5.41, 5.74) is 0.174. The lowest BCUT2D eigenvalue weighted by Gasteiger charge is -2.07. The van der Waals surface area contributed by atoms with Gasteiger partial charge in [0.1, 0.15) is 11.5 Å². The average Bonchev–Trinajstić information content (AvgIpc) is 2.81. The molecule has 5 heteroatoms. The zero-order valence-electron chi connectivity index (χ0n) is 10.5. The number of H-pyrrole nitrogens is 1. The summed E-state index contributed by atoms with van der Waals surface area (Å²) in [4.78, 5) is 13.9. The molecule has 100 valence electrons. The highest BCUT2D eigenvalue weighted by Gasteiger charge is 2.07. The van der Waals surface area contributed by atoms with Gasteiger partial charge in [-0.05, 0) is 36.4 Å². The Morgan fingerprint density at radius 3 is 2.20 bits per heavy atom. The highest BCUT2D eigenvalue weighted by Crippen LogP contribution is 2.22. The molecule has 0 fully saturated rings. The molecule has 0 aliphatic heterocycles. The van der Waals surface area contributed by atoms with Crippen molar-refractivity contribution in [1.82, 2.24) is 9.55 Å². The second kappa shape index (κ2) is 4.97. The van der Waals surface area contributed by atoms with Crippen LogP contribution in [0.15, 0.2) is 65.6 Å². The molecule has 1 heterocycles. The second-order valence-electron chi connectivity index (χ2n) is 4.20. The van der Waals surface area contributed by atoms with Gasteiger partial charge in [0.15, 0.2) is 0 Å². The summed E-state index contributed by atoms with van der Waals surface area (Å²) >= 11 is 0. The van der Waals surface area contributed by atoms with Crippen molar-refractivity contribution in [2.75, 3.05) is 0 Å². The van der Waals surface area contributed by atoms with Gasteiger partial charge in [0, 0.05) is 0 Å². The summed E-state index contributed by atoms with van der Waals surface area (Å²) in [5.74, 6) is 1.26. The summed E-state index contributed by atoms with van der Waals surface area (Å²) in [6, 6.07) is 16.3. The first-order valence-corrected chi connectivity index (χ1v) is 6.07. The third kappa shape index (κ3) is 2.29. The lowest BCUT2D eigenvalue weighted by Crippen LogP contribution is -2.14. The molecule has 0 saturated carbocycles. The van der Waals surface area contributed by atoms with Crippen molar-refractivity contribution in [3.8, 4) is 23.1 Å². The lowest BCUT2D eigenvalue weighted by atomic mass is 10.3. The number of aromatic nitrogens is 2. The third-order valence-electron chi connectivity index (χ3n) is 2.83. The van der Waals surface area contributed by atoms with Gasteiger partial charge in [-0.25, -0.2) is 9.36 Å². The molecule has 0 atom stereocenters. The van der Waals surface area contributed by atoms with Gasteiger partial charge in [-0.2, -0.15) is 0 Å². The van der Waals surface area contributed by atoms with Crippen molar-refractivity contribution < 1.29 is 9.84 Å². The van der Waals surface area contributed by atoms with E-state index in [2.05, 4.69) is 4.98 Å². The van der Waals surface area contributed by atoms with Crippen molar-refractivity contribution >= 4 is 0 Å². The topological polar surface area (TPSA) is 67.2 Å². The van der Waals surface area contributed by atoms with E-state index in [1.165, 1.54) is 10.8 Å². The number of nitrogens with zero attached hydrogens (tertiary/aromatic N) is 1. The summed E-state index contributed by atoms with van der Waals surface area (Å²) in [6.07, 6.45) is 1.25. The van der Waals surface area contributed by atoms with E-state index < -0.39 is 0 Å². The maximum atomic E-state index is 11.5. The molecule has 2 aromatic carbocycles. The Bertz CT molecular complexity index is 758. The molecule has 1 aromatic heterocycles. The number of benzene rings is 2. The molecule has 0 bridgehead atoms. The molecule has 0 spiro atoms. The number of imidazole rings is 1. The molecule has 20 heavy (non-hydrogen) atoms. The SMILES string of the molecule is O=c1[nH]cc(O)n1-c1ccc(Oc2ccccc2)cc1. The predicted molar refractivity (Wildman–Crippen MR) is 74.6 cm³/mol. The fourth-order valence-corrected chi connectivity index (χ4v) is 1.90. The lowest BCUT2D eigenvalue weighted by molar-refractivity contribution is 0.440. The van der Waals surface area contributed by atoms with Gasteiger partial charge >= 0.3 is 5.69 Å². The van der Waals surface area contributed by atoms with Crippen LogP contribution in [-0.2, 0) is 0 Å². The Morgan fingerprint density at radius 2 is 1.60 bits per heavy atom. The Morgan fingerprint density at radius 1 is 0.950 bits per heavy atom. The first kappa shape index (κ1) is 12.1. The number of para-hydroxylation sites is 1. The van der Waals surface area contributed by atoms with Gasteiger partial charge in [0.2, 0.25) is 5.88 Å². The van der Waals surface area contributed by atoms with Crippen LogP contribution in [0.4, 0.5) is 0 Å². The summed E-state index contributed by atoms with van der Waals surface area (Å²) in [6.45, 7) is 0. The Hall–Kier alpha value is -2.95. The first-order valence-electron chi connectivity index (χ1n) is 6.07. The molecule has 0 amide bonds. The minimum Gasteiger partial charge on any atom is -0.493 e. The molecule has 0 unspecified atom stereocenters. The quantitative estimate of drug-likeness (QED) is 0.767. The zero-order chi connectivity index (χ0) is 13.9. The van der Waals surface area contributed by atoms with E-state index in [1.54, 1.807) is 24.3 Å². The molecule has 5 nitrogen and oxygen atoms in total. The monoisotopic (exact) mass is 268 g/mol. The van der Waals surface area contributed by atoms with Crippen LogP contribution in [0, 0.1) is 0 Å². The number of aromatic hydroxyl groups is 1. The maximum Gasteiger partial charge on any atom is 0.333 e. The number of aromatic amines is 1. The normalized spacial score (nSPS) is 10.4. The fraction of sp³-hybridized carbons (Fsp3) is 0. The van der Waals surface area contributed by atoms with Crippen LogP contribution < -0.4 is 10.4 Å². The van der Waals surface area contributed by atoms with Crippen molar-refractivity contribution in [2.24, 2.45) is 0 Å². The van der Waals surface area contributed by atoms with Gasteiger partial charge in [0.05, 0.1) is 11.9 Å². The Kier molecular flexibility index (Phi) is 3.01. The molecule has 2 N–H and O–H groups in total. The second-order valence-corrected chi connectivity index (χ2v) is 4.20. The molecular formula is C15H12N2O3. The van der Waals surface area contributed by atoms with E-state index in [4.69, 9.17) is 4.74 Å². The Balaban J connectivity index is 1.87. The molecule has 0 saturated heterocycles.